The van der Waals surface area contributed by atoms with Crippen LogP contribution in [0, 0.1) is 5.92 Å². The van der Waals surface area contributed by atoms with Gasteiger partial charge in [-0.1, -0.05) is 19.1 Å². The van der Waals surface area contributed by atoms with Gasteiger partial charge in [0.25, 0.3) is 5.91 Å². The van der Waals surface area contributed by atoms with Crippen LogP contribution in [0.3, 0.4) is 0 Å². The van der Waals surface area contributed by atoms with Gasteiger partial charge in [0.15, 0.2) is 18.1 Å². The third kappa shape index (κ3) is 7.20. The summed E-state index contributed by atoms with van der Waals surface area (Å²) in [6.45, 7) is 2.26. The Labute approximate surface area is 123 Å². The number of amides is 1. The maximum Gasteiger partial charge on any atom is 0.303 e. The average molecular weight is 295 g/mol. The molecule has 21 heavy (non-hydrogen) atoms. The highest BCUT2D eigenvalue weighted by atomic mass is 16.5. The third-order valence-electron chi connectivity index (χ3n) is 3.03. The molecule has 0 aliphatic heterocycles. The molecule has 1 atom stereocenters. The molecule has 6 nitrogen and oxygen atoms in total. The number of carbonyl (C=O) groups is 2. The summed E-state index contributed by atoms with van der Waals surface area (Å²) in [4.78, 5) is 22.0. The zero-order valence-electron chi connectivity index (χ0n) is 12.0. The van der Waals surface area contributed by atoms with Gasteiger partial charge in [0, 0.05) is 13.0 Å². The zero-order chi connectivity index (χ0) is 15.7. The van der Waals surface area contributed by atoms with E-state index >= 15 is 0 Å². The molecular formula is C15H21NO5. The normalized spacial score (nSPS) is 11.7. The maximum atomic E-state index is 11.6. The Morgan fingerprint density at radius 2 is 2.00 bits per heavy atom. The summed E-state index contributed by atoms with van der Waals surface area (Å²) in [5.74, 6) is -0.582. The molecule has 0 fully saturated rings. The number of carbonyl (C=O) groups excluding carboxylic acids is 1. The van der Waals surface area contributed by atoms with Crippen LogP contribution in [0.4, 0.5) is 0 Å². The van der Waals surface area contributed by atoms with Gasteiger partial charge in [-0.25, -0.2) is 0 Å². The summed E-state index contributed by atoms with van der Waals surface area (Å²) >= 11 is 0. The minimum atomic E-state index is -0.804. The van der Waals surface area contributed by atoms with Crippen LogP contribution in [-0.2, 0) is 9.59 Å². The number of nitrogens with one attached hydrogen (secondary N) is 1. The fourth-order valence-electron chi connectivity index (χ4n) is 1.75. The van der Waals surface area contributed by atoms with Crippen LogP contribution in [-0.4, -0.2) is 35.2 Å². The molecular weight excluding hydrogens is 274 g/mol. The molecule has 0 saturated heterocycles. The van der Waals surface area contributed by atoms with Crippen molar-refractivity contribution in [2.45, 2.75) is 26.2 Å². The molecule has 1 aromatic carbocycles. The molecule has 1 aromatic rings. The molecule has 0 aliphatic carbocycles. The Balaban J connectivity index is 2.17. The lowest BCUT2D eigenvalue weighted by molar-refractivity contribution is -0.137. The summed E-state index contributed by atoms with van der Waals surface area (Å²) in [7, 11) is 0. The van der Waals surface area contributed by atoms with Crippen molar-refractivity contribution in [3.63, 3.8) is 0 Å². The van der Waals surface area contributed by atoms with E-state index in [1.165, 1.54) is 6.07 Å². The second-order valence-electron chi connectivity index (χ2n) is 4.93. The van der Waals surface area contributed by atoms with E-state index in [4.69, 9.17) is 9.84 Å². The largest absolute Gasteiger partial charge is 0.504 e. The topological polar surface area (TPSA) is 95.9 Å². The van der Waals surface area contributed by atoms with E-state index in [9.17, 15) is 14.7 Å². The Morgan fingerprint density at radius 1 is 1.29 bits per heavy atom. The van der Waals surface area contributed by atoms with Gasteiger partial charge in [-0.15, -0.1) is 0 Å². The smallest absolute Gasteiger partial charge is 0.303 e. The van der Waals surface area contributed by atoms with Crippen LogP contribution >= 0.6 is 0 Å². The van der Waals surface area contributed by atoms with E-state index < -0.39 is 5.97 Å². The zero-order valence-corrected chi connectivity index (χ0v) is 12.0. The molecule has 1 unspecified atom stereocenters. The number of para-hydroxylation sites is 2. The SMILES string of the molecule is CC(CCNC(=O)COc1ccccc1O)CCC(=O)O. The quantitative estimate of drug-likeness (QED) is 0.645. The molecule has 0 radical (unpaired) electrons. The number of carboxylic acid groups (broad SMARTS) is 1. The number of carboxylic acids is 1. The highest BCUT2D eigenvalue weighted by Gasteiger charge is 2.08. The lowest BCUT2D eigenvalue weighted by Crippen LogP contribution is -2.30. The first-order valence-corrected chi connectivity index (χ1v) is 6.88. The Bertz CT molecular complexity index is 475. The van der Waals surface area contributed by atoms with E-state index in [0.717, 1.165) is 6.42 Å². The second-order valence-corrected chi connectivity index (χ2v) is 4.93. The van der Waals surface area contributed by atoms with Crippen LogP contribution in [0.2, 0.25) is 0 Å². The number of aliphatic carboxylic acids is 1. The van der Waals surface area contributed by atoms with Gasteiger partial charge in [0.2, 0.25) is 0 Å². The van der Waals surface area contributed by atoms with Crippen LogP contribution < -0.4 is 10.1 Å². The van der Waals surface area contributed by atoms with Crippen LogP contribution in [0.25, 0.3) is 0 Å². The molecule has 1 rings (SSSR count). The number of phenols is 1. The van der Waals surface area contributed by atoms with Crippen molar-refractivity contribution in [2.24, 2.45) is 5.92 Å². The van der Waals surface area contributed by atoms with Gasteiger partial charge in [0.1, 0.15) is 0 Å². The van der Waals surface area contributed by atoms with Crippen molar-refractivity contribution in [2.75, 3.05) is 13.2 Å². The monoisotopic (exact) mass is 295 g/mol. The number of hydrogen-bond donors (Lipinski definition) is 3. The Hall–Kier alpha value is -2.24. The van der Waals surface area contributed by atoms with Crippen molar-refractivity contribution >= 4 is 11.9 Å². The number of aromatic hydroxyl groups is 1. The van der Waals surface area contributed by atoms with Crippen molar-refractivity contribution in [3.05, 3.63) is 24.3 Å². The van der Waals surface area contributed by atoms with Gasteiger partial charge >= 0.3 is 5.97 Å². The van der Waals surface area contributed by atoms with Gasteiger partial charge in [-0.3, -0.25) is 9.59 Å². The highest BCUT2D eigenvalue weighted by molar-refractivity contribution is 5.77. The molecule has 0 heterocycles. The predicted octanol–water partition coefficient (Wildman–Crippen LogP) is 1.78. The van der Waals surface area contributed by atoms with Crippen molar-refractivity contribution < 1.29 is 24.5 Å². The van der Waals surface area contributed by atoms with Crippen LogP contribution in [0.1, 0.15) is 26.2 Å². The van der Waals surface area contributed by atoms with Crippen LogP contribution in [0.5, 0.6) is 11.5 Å². The molecule has 116 valence electrons. The standard InChI is InChI=1S/C15H21NO5/c1-11(6-7-15(19)20)8-9-16-14(18)10-21-13-5-3-2-4-12(13)17/h2-5,11,17H,6-10H2,1H3,(H,16,18)(H,19,20). The van der Waals surface area contributed by atoms with E-state index in [0.29, 0.717) is 13.0 Å². The maximum absolute atomic E-state index is 11.6. The molecule has 6 heteroatoms. The molecule has 0 aliphatic rings. The minimum Gasteiger partial charge on any atom is -0.504 e. The number of rotatable bonds is 9. The minimum absolute atomic E-state index is 0.00686. The summed E-state index contributed by atoms with van der Waals surface area (Å²) in [6.07, 6.45) is 1.46. The Morgan fingerprint density at radius 3 is 2.67 bits per heavy atom. The fraction of sp³-hybridized carbons (Fsp3) is 0.467. The van der Waals surface area contributed by atoms with Gasteiger partial charge in [0.05, 0.1) is 0 Å². The van der Waals surface area contributed by atoms with E-state index in [2.05, 4.69) is 5.32 Å². The van der Waals surface area contributed by atoms with Gasteiger partial charge < -0.3 is 20.3 Å². The van der Waals surface area contributed by atoms with Crippen LogP contribution in [0.15, 0.2) is 24.3 Å². The van der Waals surface area contributed by atoms with Crippen molar-refractivity contribution in [1.82, 2.24) is 5.32 Å². The lowest BCUT2D eigenvalue weighted by atomic mass is 10.0. The predicted molar refractivity (Wildman–Crippen MR) is 77.3 cm³/mol. The summed E-state index contributed by atoms with van der Waals surface area (Å²) in [5, 5.41) is 20.7. The molecule has 0 aromatic heterocycles. The molecule has 0 saturated carbocycles. The lowest BCUT2D eigenvalue weighted by Gasteiger charge is -2.11. The van der Waals surface area contributed by atoms with Gasteiger partial charge in [-0.05, 0) is 30.9 Å². The first-order chi connectivity index (χ1) is 9.99. The fourth-order valence-corrected chi connectivity index (χ4v) is 1.75. The molecule has 0 spiro atoms. The van der Waals surface area contributed by atoms with E-state index in [1.54, 1.807) is 18.2 Å². The molecule has 0 bridgehead atoms. The number of benzene rings is 1. The van der Waals surface area contributed by atoms with Crippen molar-refractivity contribution in [1.29, 1.82) is 0 Å². The summed E-state index contributed by atoms with van der Waals surface area (Å²) in [6, 6.07) is 6.44. The first kappa shape index (κ1) is 16.8. The van der Waals surface area contributed by atoms with E-state index in [1.807, 2.05) is 6.92 Å². The van der Waals surface area contributed by atoms with Gasteiger partial charge in [-0.2, -0.15) is 0 Å². The average Bonchev–Trinajstić information content (AvgIpc) is 2.44. The third-order valence-corrected chi connectivity index (χ3v) is 3.03. The number of hydrogen-bond acceptors (Lipinski definition) is 4. The number of ether oxygens (including phenoxy) is 1. The Kier molecular flexibility index (Phi) is 7.08. The van der Waals surface area contributed by atoms with Crippen molar-refractivity contribution in [3.8, 4) is 11.5 Å². The molecule has 3 N–H and O–H groups in total. The second kappa shape index (κ2) is 8.84. The summed E-state index contributed by atoms with van der Waals surface area (Å²) < 4.78 is 5.20. The number of phenolic OH excluding ortho intramolecular Hbond substituents is 1. The van der Waals surface area contributed by atoms with E-state index in [-0.39, 0.29) is 36.4 Å². The molecule has 1 amide bonds. The summed E-state index contributed by atoms with van der Waals surface area (Å²) in [5.41, 5.74) is 0. The highest BCUT2D eigenvalue weighted by Crippen LogP contribution is 2.23. The first-order valence-electron chi connectivity index (χ1n) is 6.88.